The number of rotatable bonds is 4. The zero-order valence-electron chi connectivity index (χ0n) is 12.1. The molecule has 0 radical (unpaired) electrons. The number of fused-ring (bicyclic) bond motifs is 6. The molecule has 2 atom stereocenters. The lowest BCUT2D eigenvalue weighted by molar-refractivity contribution is -0.137. The Morgan fingerprint density at radius 3 is 3.19 bits per heavy atom. The maximum absolute atomic E-state index is 10.7. The molecule has 1 N–H and O–H groups in total. The van der Waals surface area contributed by atoms with E-state index in [-0.39, 0.29) is 6.42 Å². The Morgan fingerprint density at radius 2 is 2.38 bits per heavy atom. The monoisotopic (exact) mass is 305 g/mol. The Balaban J connectivity index is 1.71. The predicted molar refractivity (Wildman–Crippen MR) is 80.9 cm³/mol. The molecule has 1 saturated heterocycles. The molecule has 2 aromatic heterocycles. The number of thiazole rings is 1. The van der Waals surface area contributed by atoms with E-state index in [1.165, 1.54) is 29.9 Å². The van der Waals surface area contributed by atoms with Gasteiger partial charge in [-0.05, 0) is 32.7 Å². The highest BCUT2D eigenvalue weighted by Gasteiger charge is 2.40. The number of aromatic nitrogens is 2. The van der Waals surface area contributed by atoms with E-state index in [0.717, 1.165) is 17.8 Å². The van der Waals surface area contributed by atoms with E-state index in [2.05, 4.69) is 21.7 Å². The van der Waals surface area contributed by atoms with Crippen LogP contribution in [0.15, 0.2) is 5.38 Å². The lowest BCUT2D eigenvalue weighted by Gasteiger charge is -2.30. The normalized spacial score (nSPS) is 24.6. The third kappa shape index (κ3) is 2.00. The molecule has 5 nitrogen and oxygen atoms in total. The van der Waals surface area contributed by atoms with Gasteiger partial charge in [-0.3, -0.25) is 14.1 Å². The highest BCUT2D eigenvalue weighted by Crippen LogP contribution is 2.43. The molecule has 2 aliphatic rings. The molecule has 0 saturated carbocycles. The first-order valence-corrected chi connectivity index (χ1v) is 8.44. The fraction of sp³-hybridized carbons (Fsp3) is 0.600. The lowest BCUT2D eigenvalue weighted by atomic mass is 10.0. The molecule has 0 aromatic carbocycles. The number of carboxylic acid groups (broad SMARTS) is 1. The minimum Gasteiger partial charge on any atom is -0.481 e. The van der Waals surface area contributed by atoms with E-state index in [0.29, 0.717) is 18.5 Å². The fourth-order valence-corrected chi connectivity index (χ4v) is 4.83. The molecule has 0 amide bonds. The molecule has 6 heteroatoms. The molecule has 0 spiro atoms. The van der Waals surface area contributed by atoms with Crippen molar-refractivity contribution in [2.75, 3.05) is 7.05 Å². The Morgan fingerprint density at radius 1 is 1.52 bits per heavy atom. The van der Waals surface area contributed by atoms with Crippen molar-refractivity contribution in [1.82, 2.24) is 14.3 Å². The van der Waals surface area contributed by atoms with Crippen LogP contribution < -0.4 is 0 Å². The number of likely N-dealkylation sites (N-methyl/N-ethyl adjacent to an activating group) is 1. The number of nitrogens with zero attached hydrogens (tertiary/aromatic N) is 3. The molecule has 2 unspecified atom stereocenters. The molecule has 4 heterocycles. The summed E-state index contributed by atoms with van der Waals surface area (Å²) in [5.41, 5.74) is 3.86. The molecule has 4 rings (SSSR count). The summed E-state index contributed by atoms with van der Waals surface area (Å²) in [6.45, 7) is 0. The van der Waals surface area contributed by atoms with E-state index >= 15 is 0 Å². The third-order valence-electron chi connectivity index (χ3n) is 4.96. The van der Waals surface area contributed by atoms with E-state index < -0.39 is 5.97 Å². The smallest absolute Gasteiger partial charge is 0.303 e. The number of carbonyl (C=O) groups is 1. The third-order valence-corrected chi connectivity index (χ3v) is 5.83. The molecule has 2 bridgehead atoms. The maximum atomic E-state index is 10.7. The number of aryl methyl sites for hydroxylation is 1. The second-order valence-electron chi connectivity index (χ2n) is 6.15. The van der Waals surface area contributed by atoms with Gasteiger partial charge in [-0.1, -0.05) is 0 Å². The molecule has 2 aliphatic heterocycles. The van der Waals surface area contributed by atoms with Crippen molar-refractivity contribution in [3.63, 3.8) is 0 Å². The number of carboxylic acids is 1. The summed E-state index contributed by atoms with van der Waals surface area (Å²) in [6.07, 6.45) is 5.28. The van der Waals surface area contributed by atoms with E-state index in [1.807, 2.05) is 0 Å². The Kier molecular flexibility index (Phi) is 3.04. The van der Waals surface area contributed by atoms with Crippen LogP contribution in [0.25, 0.3) is 4.96 Å². The SMILES string of the molecule is CN1C2CCC1c1c(nc3scc(CCCC(=O)O)n13)C2. The van der Waals surface area contributed by atoms with Gasteiger partial charge in [0.15, 0.2) is 4.96 Å². The van der Waals surface area contributed by atoms with Crippen molar-refractivity contribution in [2.24, 2.45) is 0 Å². The first kappa shape index (κ1) is 13.3. The van der Waals surface area contributed by atoms with Crippen LogP contribution in [-0.4, -0.2) is 38.4 Å². The van der Waals surface area contributed by atoms with E-state index in [4.69, 9.17) is 10.1 Å². The van der Waals surface area contributed by atoms with E-state index in [9.17, 15) is 4.79 Å². The van der Waals surface area contributed by atoms with Gasteiger partial charge >= 0.3 is 5.97 Å². The minimum atomic E-state index is -0.715. The minimum absolute atomic E-state index is 0.236. The van der Waals surface area contributed by atoms with Gasteiger partial charge in [0.25, 0.3) is 0 Å². The fourth-order valence-electron chi connectivity index (χ4n) is 3.88. The lowest BCUT2D eigenvalue weighted by Crippen LogP contribution is -2.34. The summed E-state index contributed by atoms with van der Waals surface area (Å²) >= 11 is 1.68. The predicted octanol–water partition coefficient (Wildman–Crippen LogP) is 2.49. The van der Waals surface area contributed by atoms with Crippen molar-refractivity contribution < 1.29 is 9.90 Å². The van der Waals surface area contributed by atoms with Gasteiger partial charge in [-0.15, -0.1) is 11.3 Å². The summed E-state index contributed by atoms with van der Waals surface area (Å²) in [5.74, 6) is -0.715. The molecule has 2 aromatic rings. The van der Waals surface area contributed by atoms with Crippen LogP contribution in [0.1, 0.15) is 48.8 Å². The van der Waals surface area contributed by atoms with Gasteiger partial charge in [-0.25, -0.2) is 4.98 Å². The zero-order valence-corrected chi connectivity index (χ0v) is 12.9. The first-order valence-electron chi connectivity index (χ1n) is 7.56. The zero-order chi connectivity index (χ0) is 14.6. The molecule has 112 valence electrons. The molecular weight excluding hydrogens is 286 g/mol. The van der Waals surface area contributed by atoms with Crippen LogP contribution in [0.5, 0.6) is 0 Å². The van der Waals surface area contributed by atoms with Gasteiger partial charge in [0, 0.05) is 30.0 Å². The van der Waals surface area contributed by atoms with Crippen molar-refractivity contribution >= 4 is 22.3 Å². The Bertz CT molecular complexity index is 705. The van der Waals surface area contributed by atoms with Crippen LogP contribution in [0.2, 0.25) is 0 Å². The standard InChI is InChI=1S/C15H19N3O2S/c1-17-9-5-6-12(17)14-11(7-9)16-15-18(14)10(8-21-15)3-2-4-13(19)20/h8-9,12H,2-7H2,1H3,(H,19,20). The molecule has 0 aliphatic carbocycles. The van der Waals surface area contributed by atoms with Crippen LogP contribution >= 0.6 is 11.3 Å². The van der Waals surface area contributed by atoms with Crippen LogP contribution in [0.3, 0.4) is 0 Å². The van der Waals surface area contributed by atoms with E-state index in [1.54, 1.807) is 11.3 Å². The topological polar surface area (TPSA) is 57.8 Å². The van der Waals surface area contributed by atoms with Gasteiger partial charge in [0.05, 0.1) is 17.4 Å². The summed E-state index contributed by atoms with van der Waals surface area (Å²) in [5, 5.41) is 10.9. The largest absolute Gasteiger partial charge is 0.481 e. The summed E-state index contributed by atoms with van der Waals surface area (Å²) in [6, 6.07) is 1.14. The average Bonchev–Trinajstić information content (AvgIpc) is 3.04. The number of aliphatic carboxylic acids is 1. The van der Waals surface area contributed by atoms with Gasteiger partial charge in [-0.2, -0.15) is 0 Å². The Labute approximate surface area is 127 Å². The summed E-state index contributed by atoms with van der Waals surface area (Å²) < 4.78 is 2.31. The quantitative estimate of drug-likeness (QED) is 0.943. The number of hydrogen-bond donors (Lipinski definition) is 1. The van der Waals surface area contributed by atoms with Gasteiger partial charge in [0.1, 0.15) is 0 Å². The maximum Gasteiger partial charge on any atom is 0.303 e. The highest BCUT2D eigenvalue weighted by molar-refractivity contribution is 7.15. The average molecular weight is 305 g/mol. The first-order chi connectivity index (χ1) is 10.1. The van der Waals surface area contributed by atoms with Crippen molar-refractivity contribution in [3.05, 3.63) is 22.5 Å². The highest BCUT2D eigenvalue weighted by atomic mass is 32.1. The molecule has 21 heavy (non-hydrogen) atoms. The summed E-state index contributed by atoms with van der Waals surface area (Å²) in [7, 11) is 2.22. The second kappa shape index (κ2) is 4.81. The van der Waals surface area contributed by atoms with Crippen molar-refractivity contribution in [2.45, 2.75) is 50.6 Å². The number of imidazole rings is 1. The number of hydrogen-bond acceptors (Lipinski definition) is 4. The Hall–Kier alpha value is -1.40. The van der Waals surface area contributed by atoms with Crippen LogP contribution in [0, 0.1) is 0 Å². The summed E-state index contributed by atoms with van der Waals surface area (Å²) in [4.78, 5) is 19.1. The molecular formula is C15H19N3O2S. The van der Waals surface area contributed by atoms with Crippen molar-refractivity contribution in [1.29, 1.82) is 0 Å². The van der Waals surface area contributed by atoms with Gasteiger partial charge < -0.3 is 5.11 Å². The molecule has 1 fully saturated rings. The van der Waals surface area contributed by atoms with Crippen molar-refractivity contribution in [3.8, 4) is 0 Å². The van der Waals surface area contributed by atoms with Gasteiger partial charge in [0.2, 0.25) is 0 Å². The van der Waals surface area contributed by atoms with Crippen LogP contribution in [-0.2, 0) is 17.6 Å². The van der Waals surface area contributed by atoms with Crippen LogP contribution in [0.4, 0.5) is 0 Å². The second-order valence-corrected chi connectivity index (χ2v) is 6.99.